The fourth-order valence-electron chi connectivity index (χ4n) is 4.14. The number of anilines is 2. The van der Waals surface area contributed by atoms with Crippen LogP contribution in [0.2, 0.25) is 5.02 Å². The first kappa shape index (κ1) is 13.1. The van der Waals surface area contributed by atoms with Crippen molar-refractivity contribution in [3.05, 3.63) is 58.6 Å². The summed E-state index contributed by atoms with van der Waals surface area (Å²) < 4.78 is 0. The zero-order valence-corrected chi connectivity index (χ0v) is 13.0. The molecule has 5 heteroatoms. The number of amides is 1. The average Bonchev–Trinajstić information content (AvgIpc) is 3.00. The molecule has 1 saturated heterocycles. The Morgan fingerprint density at radius 3 is 2.70 bits per heavy atom. The highest BCUT2D eigenvalue weighted by atomic mass is 35.5. The molecule has 23 heavy (non-hydrogen) atoms. The van der Waals surface area contributed by atoms with Gasteiger partial charge in [-0.15, -0.1) is 0 Å². The first-order chi connectivity index (χ1) is 11.2. The van der Waals surface area contributed by atoms with Crippen molar-refractivity contribution in [2.45, 2.75) is 12.6 Å². The molecule has 0 aliphatic carbocycles. The SMILES string of the molecule is O=C1c2ccc(Cl)cc2N2C(=O)c3ccccc3N3CCC1C32. The van der Waals surface area contributed by atoms with Gasteiger partial charge in [-0.1, -0.05) is 23.7 Å². The van der Waals surface area contributed by atoms with Gasteiger partial charge in [-0.2, -0.15) is 0 Å². The highest BCUT2D eigenvalue weighted by Gasteiger charge is 2.52. The van der Waals surface area contributed by atoms with Gasteiger partial charge in [0.05, 0.1) is 22.9 Å². The summed E-state index contributed by atoms with van der Waals surface area (Å²) in [5.74, 6) is -0.0988. The van der Waals surface area contributed by atoms with Crippen LogP contribution in [0.3, 0.4) is 0 Å². The number of hydrogen-bond donors (Lipinski definition) is 0. The van der Waals surface area contributed by atoms with Crippen molar-refractivity contribution in [2.24, 2.45) is 5.92 Å². The number of carbonyl (C=O) groups is 2. The quantitative estimate of drug-likeness (QED) is 0.746. The first-order valence-corrected chi connectivity index (χ1v) is 8.07. The van der Waals surface area contributed by atoms with Crippen LogP contribution in [0.15, 0.2) is 42.5 Å². The van der Waals surface area contributed by atoms with Crippen molar-refractivity contribution in [3.63, 3.8) is 0 Å². The Labute approximate surface area is 138 Å². The Morgan fingerprint density at radius 1 is 1.00 bits per heavy atom. The lowest BCUT2D eigenvalue weighted by atomic mass is 9.86. The van der Waals surface area contributed by atoms with E-state index in [-0.39, 0.29) is 23.8 Å². The number of ketones is 1. The number of Topliss-reactive ketones (excluding diaryl/α,β-unsaturated/α-hetero) is 1. The van der Waals surface area contributed by atoms with E-state index in [0.29, 0.717) is 21.8 Å². The number of benzene rings is 2. The highest BCUT2D eigenvalue weighted by Crippen LogP contribution is 2.47. The summed E-state index contributed by atoms with van der Waals surface area (Å²) in [6.07, 6.45) is 0.541. The predicted octanol–water partition coefficient (Wildman–Crippen LogP) is 3.35. The van der Waals surface area contributed by atoms with Crippen LogP contribution in [0.25, 0.3) is 0 Å². The lowest BCUT2D eigenvalue weighted by Gasteiger charge is -2.46. The van der Waals surface area contributed by atoms with Crippen molar-refractivity contribution in [1.82, 2.24) is 0 Å². The molecule has 2 aromatic carbocycles. The molecule has 3 aliphatic rings. The van der Waals surface area contributed by atoms with Gasteiger partial charge in [0.2, 0.25) is 0 Å². The second-order valence-corrected chi connectivity index (χ2v) is 6.66. The predicted molar refractivity (Wildman–Crippen MR) is 88.3 cm³/mol. The maximum Gasteiger partial charge on any atom is 0.262 e. The zero-order chi connectivity index (χ0) is 15.7. The number of rotatable bonds is 0. The van der Waals surface area contributed by atoms with Gasteiger partial charge in [0, 0.05) is 17.1 Å². The van der Waals surface area contributed by atoms with E-state index < -0.39 is 0 Å². The van der Waals surface area contributed by atoms with Gasteiger partial charge >= 0.3 is 0 Å². The van der Waals surface area contributed by atoms with Crippen LogP contribution < -0.4 is 9.80 Å². The van der Waals surface area contributed by atoms with E-state index in [1.165, 1.54) is 0 Å². The maximum absolute atomic E-state index is 13.1. The lowest BCUT2D eigenvalue weighted by molar-refractivity contribution is 0.0875. The maximum atomic E-state index is 13.1. The van der Waals surface area contributed by atoms with Crippen LogP contribution in [-0.2, 0) is 0 Å². The van der Waals surface area contributed by atoms with Crippen LogP contribution in [0.5, 0.6) is 0 Å². The Bertz CT molecular complexity index is 879. The first-order valence-electron chi connectivity index (χ1n) is 7.70. The lowest BCUT2D eigenvalue weighted by Crippen LogP contribution is -2.58. The second-order valence-electron chi connectivity index (χ2n) is 6.22. The average molecular weight is 325 g/mol. The van der Waals surface area contributed by atoms with E-state index in [4.69, 9.17) is 11.6 Å². The molecule has 0 saturated carbocycles. The summed E-state index contributed by atoms with van der Waals surface area (Å²) in [6, 6.07) is 12.8. The Morgan fingerprint density at radius 2 is 1.83 bits per heavy atom. The minimum Gasteiger partial charge on any atom is -0.349 e. The topological polar surface area (TPSA) is 40.6 Å². The summed E-state index contributed by atoms with van der Waals surface area (Å²) in [6.45, 7) is 0.781. The third-order valence-electron chi connectivity index (χ3n) is 5.11. The number of para-hydroxylation sites is 1. The van der Waals surface area contributed by atoms with E-state index in [2.05, 4.69) is 4.90 Å². The van der Waals surface area contributed by atoms with Crippen LogP contribution in [0.4, 0.5) is 11.4 Å². The molecule has 2 atom stereocenters. The number of carbonyl (C=O) groups excluding carboxylic acids is 2. The molecular formula is C18H13ClN2O2. The molecule has 0 aromatic heterocycles. The third-order valence-corrected chi connectivity index (χ3v) is 5.34. The van der Waals surface area contributed by atoms with Crippen LogP contribution in [-0.4, -0.2) is 24.4 Å². The van der Waals surface area contributed by atoms with E-state index in [9.17, 15) is 9.59 Å². The molecule has 1 amide bonds. The number of hydrogen-bond acceptors (Lipinski definition) is 3. The smallest absolute Gasteiger partial charge is 0.262 e. The summed E-state index contributed by atoms with van der Waals surface area (Å²) in [5, 5.41) is 0.534. The zero-order valence-electron chi connectivity index (χ0n) is 12.2. The molecule has 3 heterocycles. The largest absolute Gasteiger partial charge is 0.349 e. The molecule has 114 valence electrons. The van der Waals surface area contributed by atoms with Gasteiger partial charge in [-0.25, -0.2) is 0 Å². The summed E-state index contributed by atoms with van der Waals surface area (Å²) in [4.78, 5) is 29.9. The molecule has 3 aliphatic heterocycles. The van der Waals surface area contributed by atoms with Gasteiger partial charge in [-0.05, 0) is 36.8 Å². The molecule has 2 unspecified atom stereocenters. The van der Waals surface area contributed by atoms with Crippen LogP contribution in [0.1, 0.15) is 27.1 Å². The van der Waals surface area contributed by atoms with Gasteiger partial charge in [-0.3, -0.25) is 14.5 Å². The second kappa shape index (κ2) is 4.36. The van der Waals surface area contributed by atoms with Crippen molar-refractivity contribution >= 4 is 34.7 Å². The number of halogens is 1. The molecule has 1 fully saturated rings. The van der Waals surface area contributed by atoms with Gasteiger partial charge < -0.3 is 4.90 Å². The molecule has 2 aromatic rings. The summed E-state index contributed by atoms with van der Waals surface area (Å²) >= 11 is 6.13. The van der Waals surface area contributed by atoms with Gasteiger partial charge in [0.15, 0.2) is 5.78 Å². The minimum absolute atomic E-state index is 0.0511. The monoisotopic (exact) mass is 324 g/mol. The fourth-order valence-corrected chi connectivity index (χ4v) is 4.31. The normalized spacial score (nSPS) is 24.4. The van der Waals surface area contributed by atoms with Gasteiger partial charge in [0.25, 0.3) is 5.91 Å². The fraction of sp³-hybridized carbons (Fsp3) is 0.222. The van der Waals surface area contributed by atoms with Crippen molar-refractivity contribution in [2.75, 3.05) is 16.3 Å². The van der Waals surface area contributed by atoms with Crippen LogP contribution in [0, 0.1) is 5.92 Å². The third kappa shape index (κ3) is 1.56. The highest BCUT2D eigenvalue weighted by molar-refractivity contribution is 6.31. The van der Waals surface area contributed by atoms with Gasteiger partial charge in [0.1, 0.15) is 6.17 Å². The summed E-state index contributed by atoms with van der Waals surface area (Å²) in [5.41, 5.74) is 2.85. The summed E-state index contributed by atoms with van der Waals surface area (Å²) in [7, 11) is 0. The number of nitrogens with zero attached hydrogens (tertiary/aromatic N) is 2. The van der Waals surface area contributed by atoms with Crippen molar-refractivity contribution in [1.29, 1.82) is 0 Å². The molecule has 4 nitrogen and oxygen atoms in total. The van der Waals surface area contributed by atoms with E-state index in [0.717, 1.165) is 18.7 Å². The van der Waals surface area contributed by atoms with E-state index in [1.54, 1.807) is 23.1 Å². The molecule has 5 rings (SSSR count). The Hall–Kier alpha value is -2.33. The molecule has 0 spiro atoms. The Balaban J connectivity index is 1.80. The number of fused-ring (bicyclic) bond motifs is 4. The van der Waals surface area contributed by atoms with Crippen LogP contribution >= 0.6 is 11.6 Å². The Kier molecular flexibility index (Phi) is 2.49. The van der Waals surface area contributed by atoms with E-state index >= 15 is 0 Å². The van der Waals surface area contributed by atoms with Crippen molar-refractivity contribution in [3.8, 4) is 0 Å². The molecular weight excluding hydrogens is 312 g/mol. The van der Waals surface area contributed by atoms with Crippen molar-refractivity contribution < 1.29 is 9.59 Å². The molecule has 0 radical (unpaired) electrons. The standard InChI is InChI=1S/C18H13ClN2O2/c19-10-5-6-11-15(9-10)21-17-13(16(11)22)7-8-20(17)14-4-2-1-3-12(14)18(21)23/h1-6,9,13,17H,7-8H2. The van der Waals surface area contributed by atoms with E-state index in [1.807, 2.05) is 24.3 Å². The molecule has 0 N–H and O–H groups in total. The minimum atomic E-state index is -0.226. The molecule has 0 bridgehead atoms.